The van der Waals surface area contributed by atoms with E-state index in [2.05, 4.69) is 0 Å². The van der Waals surface area contributed by atoms with E-state index in [0.29, 0.717) is 19.5 Å². The molecule has 1 fully saturated rings. The molecule has 1 amide bonds. The van der Waals surface area contributed by atoms with Crippen molar-refractivity contribution in [3.05, 3.63) is 48.0 Å². The molecule has 1 heterocycles. The van der Waals surface area contributed by atoms with Gasteiger partial charge in [-0.2, -0.15) is 4.31 Å². The van der Waals surface area contributed by atoms with Crippen LogP contribution < -0.4 is 0 Å². The number of carbonyl (C=O) groups is 1. The zero-order valence-electron chi connectivity index (χ0n) is 14.0. The molecule has 1 saturated heterocycles. The quantitative estimate of drug-likeness (QED) is 0.853. The van der Waals surface area contributed by atoms with Gasteiger partial charge in [-0.1, -0.05) is 42.5 Å². The number of fused-ring (bicyclic) bond motifs is 1. The van der Waals surface area contributed by atoms with Gasteiger partial charge in [0, 0.05) is 20.1 Å². The number of likely N-dealkylation sites (N-methyl/N-ethyl adjacent to an activating group) is 1. The van der Waals surface area contributed by atoms with Crippen LogP contribution in [0.2, 0.25) is 0 Å². The summed E-state index contributed by atoms with van der Waals surface area (Å²) in [5.74, 6) is -0.133. The Morgan fingerprint density at radius 3 is 2.67 bits per heavy atom. The van der Waals surface area contributed by atoms with Crippen LogP contribution in [-0.4, -0.2) is 49.4 Å². The van der Waals surface area contributed by atoms with Crippen molar-refractivity contribution in [2.24, 2.45) is 0 Å². The molecular weight excluding hydrogens is 324 g/mol. The minimum Gasteiger partial charge on any atom is -0.340 e. The maximum absolute atomic E-state index is 12.8. The molecule has 3 rings (SSSR count). The first-order valence-electron chi connectivity index (χ1n) is 8.06. The fraction of sp³-hybridized carbons (Fsp3) is 0.389. The highest BCUT2D eigenvalue weighted by Gasteiger charge is 2.37. The number of hydrogen-bond acceptors (Lipinski definition) is 3. The Morgan fingerprint density at radius 1 is 1.21 bits per heavy atom. The number of benzene rings is 2. The van der Waals surface area contributed by atoms with Gasteiger partial charge < -0.3 is 4.90 Å². The van der Waals surface area contributed by atoms with Crippen LogP contribution in [0.1, 0.15) is 18.4 Å². The molecule has 0 bridgehead atoms. The molecule has 0 aliphatic carbocycles. The Hall–Kier alpha value is -1.92. The third kappa shape index (κ3) is 3.30. The largest absolute Gasteiger partial charge is 0.340 e. The number of carbonyl (C=O) groups excluding carboxylic acids is 1. The molecule has 128 valence electrons. The van der Waals surface area contributed by atoms with Crippen molar-refractivity contribution < 1.29 is 13.2 Å². The van der Waals surface area contributed by atoms with E-state index in [1.165, 1.54) is 10.6 Å². The van der Waals surface area contributed by atoms with Crippen LogP contribution in [0.4, 0.5) is 0 Å². The van der Waals surface area contributed by atoms with E-state index in [0.717, 1.165) is 22.8 Å². The van der Waals surface area contributed by atoms with Gasteiger partial charge in [0.25, 0.3) is 0 Å². The summed E-state index contributed by atoms with van der Waals surface area (Å²) in [5, 5.41) is 2.25. The topological polar surface area (TPSA) is 57.7 Å². The highest BCUT2D eigenvalue weighted by atomic mass is 32.2. The molecule has 2 aromatic carbocycles. The standard InChI is InChI=1S/C18H22N2O3S/c1-19(18(21)17-11-6-12-20(17)24(2,22)23)13-15-9-5-8-14-7-3-4-10-16(14)15/h3-5,7-10,17H,6,11-13H2,1-2H3. The second kappa shape index (κ2) is 6.53. The lowest BCUT2D eigenvalue weighted by Gasteiger charge is -2.26. The van der Waals surface area contributed by atoms with E-state index in [4.69, 9.17) is 0 Å². The molecule has 0 saturated carbocycles. The van der Waals surface area contributed by atoms with Gasteiger partial charge in [-0.3, -0.25) is 4.79 Å². The summed E-state index contributed by atoms with van der Waals surface area (Å²) in [6.45, 7) is 0.894. The van der Waals surface area contributed by atoms with Crippen LogP contribution in [0.3, 0.4) is 0 Å². The average molecular weight is 346 g/mol. The van der Waals surface area contributed by atoms with Crippen LogP contribution in [0.25, 0.3) is 10.8 Å². The molecule has 1 unspecified atom stereocenters. The lowest BCUT2D eigenvalue weighted by molar-refractivity contribution is -0.133. The second-order valence-corrected chi connectivity index (χ2v) is 8.30. The first kappa shape index (κ1) is 16.9. The number of sulfonamides is 1. The SMILES string of the molecule is CN(Cc1cccc2ccccc12)C(=O)C1CCCN1S(C)(=O)=O. The van der Waals surface area contributed by atoms with Crippen LogP contribution >= 0.6 is 0 Å². The fourth-order valence-corrected chi connectivity index (χ4v) is 4.52. The van der Waals surface area contributed by atoms with Crippen LogP contribution in [0, 0.1) is 0 Å². The third-order valence-corrected chi connectivity index (χ3v) is 5.87. The lowest BCUT2D eigenvalue weighted by atomic mass is 10.0. The first-order valence-corrected chi connectivity index (χ1v) is 9.91. The Morgan fingerprint density at radius 2 is 1.92 bits per heavy atom. The maximum Gasteiger partial charge on any atom is 0.241 e. The third-order valence-electron chi connectivity index (χ3n) is 4.58. The Bertz CT molecular complexity index is 858. The predicted molar refractivity (Wildman–Crippen MR) is 95.0 cm³/mol. The number of hydrogen-bond donors (Lipinski definition) is 0. The smallest absolute Gasteiger partial charge is 0.241 e. The van der Waals surface area contributed by atoms with Crippen molar-refractivity contribution in [2.45, 2.75) is 25.4 Å². The van der Waals surface area contributed by atoms with Crippen molar-refractivity contribution in [1.82, 2.24) is 9.21 Å². The molecule has 1 aliphatic heterocycles. The first-order chi connectivity index (χ1) is 11.4. The minimum atomic E-state index is -3.35. The van der Waals surface area contributed by atoms with E-state index in [-0.39, 0.29) is 5.91 Å². The lowest BCUT2D eigenvalue weighted by Crippen LogP contribution is -2.45. The van der Waals surface area contributed by atoms with E-state index < -0.39 is 16.1 Å². The van der Waals surface area contributed by atoms with Crippen molar-refractivity contribution in [3.8, 4) is 0 Å². The zero-order chi connectivity index (χ0) is 17.3. The van der Waals surface area contributed by atoms with Gasteiger partial charge in [0.05, 0.1) is 6.26 Å². The Kier molecular flexibility index (Phi) is 4.60. The van der Waals surface area contributed by atoms with Gasteiger partial charge in [-0.05, 0) is 29.2 Å². The number of rotatable bonds is 4. The van der Waals surface area contributed by atoms with Gasteiger partial charge in [0.2, 0.25) is 15.9 Å². The number of nitrogens with zero attached hydrogens (tertiary/aromatic N) is 2. The highest BCUT2D eigenvalue weighted by Crippen LogP contribution is 2.24. The summed E-state index contributed by atoms with van der Waals surface area (Å²) < 4.78 is 25.0. The van der Waals surface area contributed by atoms with Gasteiger partial charge in [0.15, 0.2) is 0 Å². The van der Waals surface area contributed by atoms with Crippen molar-refractivity contribution in [1.29, 1.82) is 0 Å². The van der Waals surface area contributed by atoms with E-state index in [1.54, 1.807) is 11.9 Å². The van der Waals surface area contributed by atoms with Gasteiger partial charge in [-0.25, -0.2) is 8.42 Å². The van der Waals surface area contributed by atoms with Crippen molar-refractivity contribution >= 4 is 26.7 Å². The molecule has 2 aromatic rings. The van der Waals surface area contributed by atoms with Crippen LogP contribution in [-0.2, 0) is 21.4 Å². The van der Waals surface area contributed by atoms with Crippen LogP contribution in [0.5, 0.6) is 0 Å². The summed E-state index contributed by atoms with van der Waals surface area (Å²) >= 11 is 0. The number of amides is 1. The molecule has 24 heavy (non-hydrogen) atoms. The molecule has 6 heteroatoms. The molecule has 0 radical (unpaired) electrons. The molecule has 0 spiro atoms. The minimum absolute atomic E-state index is 0.133. The van der Waals surface area contributed by atoms with Gasteiger partial charge in [-0.15, -0.1) is 0 Å². The van der Waals surface area contributed by atoms with Crippen molar-refractivity contribution in [3.63, 3.8) is 0 Å². The summed E-state index contributed by atoms with van der Waals surface area (Å²) in [6, 6.07) is 13.5. The molecule has 0 aromatic heterocycles. The fourth-order valence-electron chi connectivity index (χ4n) is 3.40. The van der Waals surface area contributed by atoms with Gasteiger partial charge in [0.1, 0.15) is 6.04 Å². The molecule has 1 aliphatic rings. The molecular formula is C18H22N2O3S. The van der Waals surface area contributed by atoms with Crippen LogP contribution in [0.15, 0.2) is 42.5 Å². The molecule has 0 N–H and O–H groups in total. The van der Waals surface area contributed by atoms with E-state index in [9.17, 15) is 13.2 Å². The van der Waals surface area contributed by atoms with E-state index >= 15 is 0 Å². The summed E-state index contributed by atoms with van der Waals surface area (Å²) in [7, 11) is -1.61. The summed E-state index contributed by atoms with van der Waals surface area (Å²) in [6.07, 6.45) is 2.49. The molecule has 1 atom stereocenters. The Balaban J connectivity index is 1.81. The average Bonchev–Trinajstić information content (AvgIpc) is 3.04. The van der Waals surface area contributed by atoms with E-state index in [1.807, 2.05) is 42.5 Å². The normalized spacial score (nSPS) is 18.8. The monoisotopic (exact) mass is 346 g/mol. The Labute approximate surface area is 142 Å². The zero-order valence-corrected chi connectivity index (χ0v) is 14.8. The predicted octanol–water partition coefficient (Wildman–Crippen LogP) is 2.22. The summed E-state index contributed by atoms with van der Waals surface area (Å²) in [4.78, 5) is 14.4. The van der Waals surface area contributed by atoms with Crippen molar-refractivity contribution in [2.75, 3.05) is 19.8 Å². The van der Waals surface area contributed by atoms with Gasteiger partial charge >= 0.3 is 0 Å². The highest BCUT2D eigenvalue weighted by molar-refractivity contribution is 7.88. The summed E-state index contributed by atoms with van der Waals surface area (Å²) in [5.41, 5.74) is 1.06. The molecule has 5 nitrogen and oxygen atoms in total. The second-order valence-electron chi connectivity index (χ2n) is 6.36. The maximum atomic E-state index is 12.8.